The van der Waals surface area contributed by atoms with Gasteiger partial charge in [0.15, 0.2) is 31.3 Å². The molecule has 0 fully saturated rings. The zero-order valence-corrected chi connectivity index (χ0v) is 12.3. The summed E-state index contributed by atoms with van der Waals surface area (Å²) in [6.07, 6.45) is 9.73. The number of halogens is 1. The summed E-state index contributed by atoms with van der Waals surface area (Å²) in [7, 11) is 0. The van der Waals surface area contributed by atoms with Crippen molar-refractivity contribution in [3.05, 3.63) is 49.1 Å². The number of rotatable bonds is 5. The number of hydrogen-bond donors (Lipinski definition) is 0. The number of aromatic nitrogens is 2. The minimum Gasteiger partial charge on any atom is -0.205 e. The second-order valence-corrected chi connectivity index (χ2v) is 5.13. The van der Waals surface area contributed by atoms with Gasteiger partial charge in [-0.25, -0.2) is 9.13 Å². The predicted molar refractivity (Wildman–Crippen MR) is 76.4 cm³/mol. The summed E-state index contributed by atoms with van der Waals surface area (Å²) in [5.74, 6) is 0. The van der Waals surface area contributed by atoms with Crippen molar-refractivity contribution in [1.82, 2.24) is 0 Å². The second-order valence-electron chi connectivity index (χ2n) is 4.34. The van der Waals surface area contributed by atoms with E-state index < -0.39 is 0 Å². The first kappa shape index (κ1) is 13.2. The van der Waals surface area contributed by atoms with Gasteiger partial charge >= 0.3 is 0 Å². The van der Waals surface area contributed by atoms with Crippen LogP contribution in [0.4, 0.5) is 0 Å². The van der Waals surface area contributed by atoms with E-state index in [0.29, 0.717) is 0 Å². The zero-order chi connectivity index (χ0) is 12.8. The van der Waals surface area contributed by atoms with Crippen LogP contribution < -0.4 is 9.13 Å². The van der Waals surface area contributed by atoms with E-state index in [-0.39, 0.29) is 0 Å². The van der Waals surface area contributed by atoms with Crippen molar-refractivity contribution in [3.63, 3.8) is 0 Å². The number of nitrogens with zero attached hydrogens (tertiary/aromatic N) is 2. The van der Waals surface area contributed by atoms with Gasteiger partial charge in [-0.2, -0.15) is 0 Å². The van der Waals surface area contributed by atoms with Crippen molar-refractivity contribution in [2.24, 2.45) is 0 Å². The number of hydrogen-bond acceptors (Lipinski definition) is 0. The lowest BCUT2D eigenvalue weighted by atomic mass is 10.1. The molecule has 0 saturated heterocycles. The summed E-state index contributed by atoms with van der Waals surface area (Å²) in [4.78, 5) is 0. The second kappa shape index (κ2) is 6.64. The lowest BCUT2D eigenvalue weighted by Gasteiger charge is -2.00. The Bertz CT molecular complexity index is 429. The molecule has 2 nitrogen and oxygen atoms in total. The van der Waals surface area contributed by atoms with Crippen LogP contribution in [0.5, 0.6) is 0 Å². The molecule has 0 unspecified atom stereocenters. The van der Waals surface area contributed by atoms with E-state index in [1.165, 1.54) is 17.5 Å². The molecule has 2 rings (SSSR count). The topological polar surface area (TPSA) is 7.76 Å². The van der Waals surface area contributed by atoms with Crippen molar-refractivity contribution in [3.8, 4) is 11.1 Å². The largest absolute Gasteiger partial charge is 0.205 e. The van der Waals surface area contributed by atoms with Gasteiger partial charge in [-0.1, -0.05) is 22.9 Å². The highest BCUT2D eigenvalue weighted by Crippen LogP contribution is 2.15. The van der Waals surface area contributed by atoms with E-state index >= 15 is 0 Å². The first-order chi connectivity index (χ1) is 8.83. The Hall–Kier alpha value is -1.22. The van der Waals surface area contributed by atoms with E-state index in [2.05, 4.69) is 81.0 Å². The molecule has 2 aromatic rings. The molecule has 18 heavy (non-hydrogen) atoms. The van der Waals surface area contributed by atoms with Crippen molar-refractivity contribution < 1.29 is 9.13 Å². The van der Waals surface area contributed by atoms with Gasteiger partial charge < -0.3 is 0 Å². The first-order valence-electron chi connectivity index (χ1n) is 6.38. The van der Waals surface area contributed by atoms with Gasteiger partial charge in [0.2, 0.25) is 0 Å². The Labute approximate surface area is 117 Å². The van der Waals surface area contributed by atoms with Crippen LogP contribution in [0.2, 0.25) is 0 Å². The third kappa shape index (κ3) is 3.39. The summed E-state index contributed by atoms with van der Waals surface area (Å²) in [6.45, 7) is 4.28. The molecule has 0 aliphatic heterocycles. The molecule has 0 N–H and O–H groups in total. The van der Waals surface area contributed by atoms with Crippen LogP contribution in [0.3, 0.4) is 0 Å². The minimum atomic E-state index is 0.985. The predicted octanol–water partition coefficient (Wildman–Crippen LogP) is 2.73. The van der Waals surface area contributed by atoms with Crippen LogP contribution in [0.25, 0.3) is 11.1 Å². The first-order valence-corrected chi connectivity index (χ1v) is 7.50. The van der Waals surface area contributed by atoms with E-state index in [4.69, 9.17) is 0 Å². The molecule has 0 aromatic carbocycles. The third-order valence-electron chi connectivity index (χ3n) is 2.94. The molecule has 0 radical (unpaired) electrons. The average Bonchev–Trinajstić information content (AvgIpc) is 2.41. The standard InChI is InChI=1S/C15H19BrN2/c1-2-8-17-9-3-14(4-10-17)15-5-11-18(12-6-15)13-7-16/h3-6,9-12H,2,7-8,13H2,1H3/q+2. The lowest BCUT2D eigenvalue weighted by Crippen LogP contribution is -2.33. The highest BCUT2D eigenvalue weighted by Gasteiger charge is 2.04. The Morgan fingerprint density at radius 1 is 0.833 bits per heavy atom. The van der Waals surface area contributed by atoms with Crippen LogP contribution in [0, 0.1) is 0 Å². The summed E-state index contributed by atoms with van der Waals surface area (Å²) in [5, 5.41) is 0.985. The number of pyridine rings is 2. The molecule has 0 amide bonds. The SMILES string of the molecule is CCC[n+]1ccc(-c2cc[n+](CCBr)cc2)cc1. The molecule has 94 valence electrons. The van der Waals surface area contributed by atoms with Gasteiger partial charge in [-0.15, -0.1) is 0 Å². The van der Waals surface area contributed by atoms with Gasteiger partial charge in [0.1, 0.15) is 6.54 Å². The Balaban J connectivity index is 2.15. The smallest absolute Gasteiger partial charge is 0.169 e. The molecule has 0 atom stereocenters. The molecule has 0 aliphatic carbocycles. The van der Waals surface area contributed by atoms with Crippen molar-refractivity contribution >= 4 is 15.9 Å². The molecule has 0 aliphatic rings. The Kier molecular flexibility index (Phi) is 4.88. The highest BCUT2D eigenvalue weighted by atomic mass is 79.9. The lowest BCUT2D eigenvalue weighted by molar-refractivity contribution is -0.696. The molecular formula is C15H19BrN2+2. The normalized spacial score (nSPS) is 10.6. The maximum Gasteiger partial charge on any atom is 0.169 e. The van der Waals surface area contributed by atoms with E-state index in [9.17, 15) is 0 Å². The van der Waals surface area contributed by atoms with Gasteiger partial charge in [-0.3, -0.25) is 0 Å². The Morgan fingerprint density at radius 3 is 1.67 bits per heavy atom. The summed E-state index contributed by atoms with van der Waals surface area (Å²) in [5.41, 5.74) is 2.54. The van der Waals surface area contributed by atoms with Crippen LogP contribution >= 0.6 is 15.9 Å². The van der Waals surface area contributed by atoms with E-state index in [0.717, 1.165) is 18.4 Å². The molecular weight excluding hydrogens is 288 g/mol. The molecule has 0 bridgehead atoms. The fourth-order valence-electron chi connectivity index (χ4n) is 1.95. The van der Waals surface area contributed by atoms with Crippen molar-refractivity contribution in [2.45, 2.75) is 26.4 Å². The van der Waals surface area contributed by atoms with Gasteiger partial charge in [0, 0.05) is 30.7 Å². The average molecular weight is 307 g/mol. The van der Waals surface area contributed by atoms with Crippen LogP contribution in [0.15, 0.2) is 49.1 Å². The molecule has 3 heteroatoms. The van der Waals surface area contributed by atoms with Gasteiger partial charge in [-0.05, 0) is 11.1 Å². The summed E-state index contributed by atoms with van der Waals surface area (Å²) in [6, 6.07) is 8.70. The Morgan fingerprint density at radius 2 is 1.28 bits per heavy atom. The molecule has 2 heterocycles. The number of aryl methyl sites for hydroxylation is 2. The van der Waals surface area contributed by atoms with Crippen molar-refractivity contribution in [1.29, 1.82) is 0 Å². The third-order valence-corrected chi connectivity index (χ3v) is 3.29. The molecule has 0 spiro atoms. The minimum absolute atomic E-state index is 0.985. The quantitative estimate of drug-likeness (QED) is 0.593. The maximum atomic E-state index is 3.45. The molecule has 2 aromatic heterocycles. The zero-order valence-electron chi connectivity index (χ0n) is 10.7. The molecule has 0 saturated carbocycles. The fraction of sp³-hybridized carbons (Fsp3) is 0.333. The highest BCUT2D eigenvalue weighted by molar-refractivity contribution is 9.09. The van der Waals surface area contributed by atoms with Gasteiger partial charge in [0.25, 0.3) is 0 Å². The van der Waals surface area contributed by atoms with Crippen LogP contribution in [-0.2, 0) is 13.1 Å². The summed E-state index contributed by atoms with van der Waals surface area (Å²) < 4.78 is 4.40. The maximum absolute atomic E-state index is 3.45. The van der Waals surface area contributed by atoms with Crippen molar-refractivity contribution in [2.75, 3.05) is 5.33 Å². The van der Waals surface area contributed by atoms with Crippen LogP contribution in [0.1, 0.15) is 13.3 Å². The summed E-state index contributed by atoms with van der Waals surface area (Å²) >= 11 is 3.45. The van der Waals surface area contributed by atoms with Crippen LogP contribution in [-0.4, -0.2) is 5.33 Å². The monoisotopic (exact) mass is 306 g/mol. The van der Waals surface area contributed by atoms with E-state index in [1.807, 2.05) is 0 Å². The van der Waals surface area contributed by atoms with E-state index in [1.54, 1.807) is 0 Å². The fourth-order valence-corrected chi connectivity index (χ4v) is 2.36. The van der Waals surface area contributed by atoms with Gasteiger partial charge in [0.05, 0.1) is 5.33 Å². The number of alkyl halides is 1.